The minimum atomic E-state index is -1.08. The molecule has 49 heavy (non-hydrogen) atoms. The maximum Gasteiger partial charge on any atom is 0.182 e. The van der Waals surface area contributed by atoms with Crippen LogP contribution in [0.4, 0.5) is 39.0 Å². The molecule has 1 fully saturated rings. The zero-order chi connectivity index (χ0) is 34.9. The van der Waals surface area contributed by atoms with Crippen LogP contribution in [-0.2, 0) is 0 Å². The molecule has 0 saturated carbocycles. The Hall–Kier alpha value is -4.27. The molecule has 2 N–H and O–H groups in total. The van der Waals surface area contributed by atoms with Crippen molar-refractivity contribution in [1.29, 1.82) is 0 Å². The molecule has 5 rings (SSSR count). The van der Waals surface area contributed by atoms with Crippen LogP contribution in [0.5, 0.6) is 0 Å². The Bertz CT molecular complexity index is 1820. The zero-order valence-corrected chi connectivity index (χ0v) is 28.7. The standard InChI is InChI=1S/C35H36F5N7S2/c1-22(2)35-44-33(23-17-28(39)32(40)30(18-23)45-49-26-6-4-5-24(37)19-26)34(48-35)29(41-3)9-11-42-21-43-25-7-8-31(27(38)20-25)47-15-13-46(12-10-36)14-16-47/h4-9,11,17-20,22,43,45H,3,10,12-16,21H2,1-2H3/b29-9-,42-11-. The number of piperazine rings is 1. The van der Waals surface area contributed by atoms with Crippen LogP contribution in [0.2, 0.25) is 0 Å². The molecule has 1 saturated heterocycles. The van der Waals surface area contributed by atoms with Gasteiger partial charge < -0.3 is 14.9 Å². The molecule has 258 valence electrons. The molecule has 1 aliphatic rings. The average Bonchev–Trinajstić information content (AvgIpc) is 3.54. The second-order valence-corrected chi connectivity index (χ2v) is 13.3. The number of benzene rings is 3. The first-order valence-electron chi connectivity index (χ1n) is 15.6. The Morgan fingerprint density at radius 2 is 1.84 bits per heavy atom. The Balaban J connectivity index is 1.29. The minimum Gasteiger partial charge on any atom is -0.367 e. The van der Waals surface area contributed by atoms with Crippen LogP contribution in [0.1, 0.15) is 29.7 Å². The summed E-state index contributed by atoms with van der Waals surface area (Å²) in [5.74, 6) is -2.90. The molecule has 0 unspecified atom stereocenters. The van der Waals surface area contributed by atoms with Gasteiger partial charge in [-0.3, -0.25) is 14.9 Å². The summed E-state index contributed by atoms with van der Waals surface area (Å²) in [4.78, 5) is 18.3. The molecule has 0 amide bonds. The van der Waals surface area contributed by atoms with Crippen molar-refractivity contribution in [3.8, 4) is 11.3 Å². The third kappa shape index (κ3) is 9.25. The zero-order valence-electron chi connectivity index (χ0n) is 27.0. The normalized spacial score (nSPS) is 14.2. The summed E-state index contributed by atoms with van der Waals surface area (Å²) in [6, 6.07) is 13.2. The number of nitrogens with zero attached hydrogens (tertiary/aromatic N) is 5. The Kier molecular flexibility index (Phi) is 12.4. The van der Waals surface area contributed by atoms with Crippen molar-refractivity contribution in [2.45, 2.75) is 24.7 Å². The van der Waals surface area contributed by atoms with E-state index in [0.29, 0.717) is 70.8 Å². The average molecular weight is 714 g/mol. The first kappa shape index (κ1) is 36.0. The molecule has 7 nitrogen and oxygen atoms in total. The van der Waals surface area contributed by atoms with Gasteiger partial charge in [-0.2, -0.15) is 0 Å². The molecule has 0 radical (unpaired) electrons. The third-order valence-corrected chi connectivity index (χ3v) is 9.88. The predicted molar refractivity (Wildman–Crippen MR) is 193 cm³/mol. The number of hydrogen-bond acceptors (Lipinski definition) is 9. The number of rotatable bonds is 14. The third-order valence-electron chi connectivity index (χ3n) is 7.69. The maximum absolute atomic E-state index is 14.9. The fraction of sp³-hybridized carbons (Fsp3) is 0.286. The van der Waals surface area contributed by atoms with Crippen molar-refractivity contribution in [3.63, 3.8) is 0 Å². The highest BCUT2D eigenvalue weighted by Gasteiger charge is 2.22. The second-order valence-electron chi connectivity index (χ2n) is 11.4. The molecule has 4 aromatic rings. The molecule has 0 aliphatic carbocycles. The van der Waals surface area contributed by atoms with E-state index in [4.69, 9.17) is 4.98 Å². The van der Waals surface area contributed by atoms with Crippen LogP contribution >= 0.6 is 23.3 Å². The fourth-order valence-corrected chi connectivity index (χ4v) is 6.89. The Morgan fingerprint density at radius 3 is 2.53 bits per heavy atom. The quantitative estimate of drug-likeness (QED) is 0.0774. The number of allylic oxidation sites excluding steroid dienone is 1. The first-order valence-corrected chi connectivity index (χ1v) is 17.2. The molecule has 2 heterocycles. The van der Waals surface area contributed by atoms with Crippen molar-refractivity contribution in [3.05, 3.63) is 93.8 Å². The van der Waals surface area contributed by atoms with Gasteiger partial charge in [-0.25, -0.2) is 26.9 Å². The van der Waals surface area contributed by atoms with Gasteiger partial charge in [-0.15, -0.1) is 11.3 Å². The van der Waals surface area contributed by atoms with E-state index in [0.717, 1.165) is 23.0 Å². The molecule has 1 aromatic heterocycles. The van der Waals surface area contributed by atoms with E-state index in [2.05, 4.69) is 26.7 Å². The lowest BCUT2D eigenvalue weighted by molar-refractivity contribution is 0.235. The van der Waals surface area contributed by atoms with Crippen molar-refractivity contribution >= 4 is 59.0 Å². The Labute approximate surface area is 290 Å². The summed E-state index contributed by atoms with van der Waals surface area (Å²) in [6.07, 6.45) is 3.17. The number of halogens is 5. The highest BCUT2D eigenvalue weighted by molar-refractivity contribution is 8.00. The monoisotopic (exact) mass is 713 g/mol. The van der Waals surface area contributed by atoms with Gasteiger partial charge >= 0.3 is 0 Å². The van der Waals surface area contributed by atoms with E-state index in [-0.39, 0.29) is 30.8 Å². The van der Waals surface area contributed by atoms with E-state index in [1.165, 1.54) is 47.9 Å². The summed E-state index contributed by atoms with van der Waals surface area (Å²) in [7, 11) is 0. The van der Waals surface area contributed by atoms with Crippen molar-refractivity contribution < 1.29 is 22.0 Å². The molecular formula is C35H36F5N7S2. The molecule has 0 spiro atoms. The Morgan fingerprint density at radius 1 is 1.04 bits per heavy atom. The first-order chi connectivity index (χ1) is 23.7. The number of anilines is 3. The lowest BCUT2D eigenvalue weighted by atomic mass is 10.1. The number of aromatic nitrogens is 1. The highest BCUT2D eigenvalue weighted by atomic mass is 32.2. The second kappa shape index (κ2) is 16.9. The van der Waals surface area contributed by atoms with Gasteiger partial charge in [0.15, 0.2) is 11.6 Å². The SMILES string of the molecule is C=N/C(=C\C=N/CNc1ccc(N2CCN(CCF)CC2)c(F)c1)c1sc(C(C)C)nc1-c1cc(F)c(F)c(NSc2cccc(F)c2)c1. The number of alkyl halides is 1. The molecule has 3 aromatic carbocycles. The number of aliphatic imine (C=N–C) groups is 2. The van der Waals surface area contributed by atoms with Crippen LogP contribution in [-0.4, -0.2) is 68.9 Å². The molecule has 1 aliphatic heterocycles. The maximum atomic E-state index is 14.9. The number of thiazole rings is 1. The van der Waals surface area contributed by atoms with Crippen LogP contribution in [0.25, 0.3) is 17.0 Å². The summed E-state index contributed by atoms with van der Waals surface area (Å²) in [5, 5.41) is 3.84. The molecule has 0 atom stereocenters. The lowest BCUT2D eigenvalue weighted by Crippen LogP contribution is -2.47. The van der Waals surface area contributed by atoms with Crippen molar-refractivity contribution in [2.75, 3.05) is 61.0 Å². The molecule has 0 bridgehead atoms. The van der Waals surface area contributed by atoms with Crippen molar-refractivity contribution in [2.24, 2.45) is 9.98 Å². The van der Waals surface area contributed by atoms with Gasteiger partial charge in [0.25, 0.3) is 0 Å². The van der Waals surface area contributed by atoms with Gasteiger partial charge in [-0.05, 0) is 73.3 Å². The number of hydrogen-bond donors (Lipinski definition) is 2. The van der Waals surface area contributed by atoms with Crippen LogP contribution in [0.3, 0.4) is 0 Å². The van der Waals surface area contributed by atoms with Gasteiger partial charge in [0.2, 0.25) is 0 Å². The molecular weight excluding hydrogens is 678 g/mol. The van der Waals surface area contributed by atoms with E-state index in [9.17, 15) is 22.0 Å². The fourth-order valence-electron chi connectivity index (χ4n) is 5.12. The van der Waals surface area contributed by atoms with Crippen LogP contribution < -0.4 is 14.9 Å². The lowest BCUT2D eigenvalue weighted by Gasteiger charge is -2.35. The predicted octanol–water partition coefficient (Wildman–Crippen LogP) is 8.88. The highest BCUT2D eigenvalue weighted by Crippen LogP contribution is 2.39. The van der Waals surface area contributed by atoms with E-state index >= 15 is 0 Å². The van der Waals surface area contributed by atoms with Gasteiger partial charge in [-0.1, -0.05) is 19.9 Å². The summed E-state index contributed by atoms with van der Waals surface area (Å²) in [6.45, 7) is 10.4. The van der Waals surface area contributed by atoms with E-state index in [1.807, 2.05) is 23.6 Å². The largest absolute Gasteiger partial charge is 0.367 e. The van der Waals surface area contributed by atoms with Crippen LogP contribution in [0.15, 0.2) is 75.6 Å². The van der Waals surface area contributed by atoms with E-state index < -0.39 is 17.5 Å². The summed E-state index contributed by atoms with van der Waals surface area (Å²) >= 11 is 2.31. The number of nitrogens with one attached hydrogen (secondary N) is 2. The minimum absolute atomic E-state index is 0.0469. The van der Waals surface area contributed by atoms with Crippen LogP contribution in [0, 0.1) is 23.3 Å². The smallest absolute Gasteiger partial charge is 0.182 e. The molecule has 14 heteroatoms. The summed E-state index contributed by atoms with van der Waals surface area (Å²) < 4.78 is 73.7. The topological polar surface area (TPSA) is 68.2 Å². The van der Waals surface area contributed by atoms with Gasteiger partial charge in [0.1, 0.15) is 25.0 Å². The van der Waals surface area contributed by atoms with E-state index in [1.54, 1.807) is 24.3 Å². The van der Waals surface area contributed by atoms with Crippen molar-refractivity contribution in [1.82, 2.24) is 9.88 Å². The summed E-state index contributed by atoms with van der Waals surface area (Å²) in [5.41, 5.74) is 2.09. The van der Waals surface area contributed by atoms with Gasteiger partial charge in [0.05, 0.1) is 32.7 Å². The van der Waals surface area contributed by atoms with Gasteiger partial charge in [0, 0.05) is 61.0 Å².